The van der Waals surface area contributed by atoms with Crippen LogP contribution in [0.15, 0.2) is 18.2 Å². The molecule has 2 fully saturated rings. The van der Waals surface area contributed by atoms with Crippen molar-refractivity contribution < 1.29 is 14.2 Å². The molecule has 2 saturated heterocycles. The van der Waals surface area contributed by atoms with Crippen LogP contribution in [-0.4, -0.2) is 55.5 Å². The normalized spacial score (nSPS) is 22.0. The van der Waals surface area contributed by atoms with Crippen molar-refractivity contribution in [2.75, 3.05) is 39.5 Å². The first-order valence-corrected chi connectivity index (χ1v) is 8.57. The highest BCUT2D eigenvalue weighted by atomic mass is 35.5. The maximum Gasteiger partial charge on any atom is 0.129 e. The zero-order valence-corrected chi connectivity index (χ0v) is 14.0. The summed E-state index contributed by atoms with van der Waals surface area (Å²) < 4.78 is 19.1. The molecular weight excluding hydrogens is 319 g/mol. The van der Waals surface area contributed by atoms with Crippen molar-refractivity contribution in [3.8, 4) is 0 Å². The Balaban J connectivity index is 1.45. The van der Waals surface area contributed by atoms with Gasteiger partial charge in [-0.15, -0.1) is 0 Å². The number of hydrogen-bond acceptors (Lipinski definition) is 4. The van der Waals surface area contributed by atoms with Gasteiger partial charge in [0.15, 0.2) is 0 Å². The standard InChI is InChI=1S/C17H24ClFN2O2/c18-15-2-1-3-16(19)14(15)8-21-6-4-13(5-7-21)20-9-17(10-22)11-23-12-17/h1-3,13,20,22H,4-12H2. The summed E-state index contributed by atoms with van der Waals surface area (Å²) in [7, 11) is 0. The number of benzene rings is 1. The Kier molecular flexibility index (Phi) is 5.54. The SMILES string of the molecule is OCC1(CNC2CCN(Cc3c(F)cccc3Cl)CC2)COC1. The van der Waals surface area contributed by atoms with E-state index in [-0.39, 0.29) is 17.8 Å². The van der Waals surface area contributed by atoms with Crippen LogP contribution in [0.5, 0.6) is 0 Å². The lowest BCUT2D eigenvalue weighted by molar-refractivity contribution is -0.135. The zero-order valence-electron chi connectivity index (χ0n) is 13.2. The summed E-state index contributed by atoms with van der Waals surface area (Å²) in [5.41, 5.74) is 0.504. The fourth-order valence-electron chi connectivity index (χ4n) is 3.20. The molecule has 0 unspecified atom stereocenters. The molecule has 0 saturated carbocycles. The lowest BCUT2D eigenvalue weighted by Gasteiger charge is -2.42. The molecule has 0 aromatic heterocycles. The lowest BCUT2D eigenvalue weighted by Crippen LogP contribution is -2.55. The number of nitrogens with zero attached hydrogens (tertiary/aromatic N) is 1. The second-order valence-corrected chi connectivity index (χ2v) is 7.19. The number of nitrogens with one attached hydrogen (secondary N) is 1. The van der Waals surface area contributed by atoms with Crippen LogP contribution < -0.4 is 5.32 Å². The Labute approximate surface area is 141 Å². The number of likely N-dealkylation sites (tertiary alicyclic amines) is 1. The number of aliphatic hydroxyl groups is 1. The van der Waals surface area contributed by atoms with Crippen LogP contribution in [0.3, 0.4) is 0 Å². The predicted octanol–water partition coefficient (Wildman–Crippen LogP) is 2.04. The van der Waals surface area contributed by atoms with E-state index in [4.69, 9.17) is 16.3 Å². The number of aliphatic hydroxyl groups excluding tert-OH is 1. The van der Waals surface area contributed by atoms with Gasteiger partial charge in [0.25, 0.3) is 0 Å². The summed E-state index contributed by atoms with van der Waals surface area (Å²) >= 11 is 6.10. The minimum absolute atomic E-state index is 0.0855. The van der Waals surface area contributed by atoms with Crippen LogP contribution in [0.25, 0.3) is 0 Å². The summed E-state index contributed by atoms with van der Waals surface area (Å²) in [6.45, 7) is 4.66. The van der Waals surface area contributed by atoms with Crippen LogP contribution >= 0.6 is 11.6 Å². The van der Waals surface area contributed by atoms with E-state index in [9.17, 15) is 9.50 Å². The first kappa shape index (κ1) is 17.1. The van der Waals surface area contributed by atoms with Gasteiger partial charge in [-0.1, -0.05) is 17.7 Å². The van der Waals surface area contributed by atoms with E-state index in [0.717, 1.165) is 32.5 Å². The molecule has 0 spiro atoms. The van der Waals surface area contributed by atoms with Crippen molar-refractivity contribution in [3.63, 3.8) is 0 Å². The van der Waals surface area contributed by atoms with E-state index < -0.39 is 0 Å². The average Bonchev–Trinajstić information content (AvgIpc) is 2.52. The molecule has 23 heavy (non-hydrogen) atoms. The molecule has 1 aromatic carbocycles. The molecule has 0 amide bonds. The van der Waals surface area contributed by atoms with Crippen molar-refractivity contribution in [3.05, 3.63) is 34.6 Å². The lowest BCUT2D eigenvalue weighted by atomic mass is 9.86. The topological polar surface area (TPSA) is 44.7 Å². The quantitative estimate of drug-likeness (QED) is 0.830. The smallest absolute Gasteiger partial charge is 0.129 e. The molecule has 3 rings (SSSR count). The van der Waals surface area contributed by atoms with Gasteiger partial charge in [0, 0.05) is 29.7 Å². The molecule has 2 heterocycles. The third kappa shape index (κ3) is 4.03. The number of rotatable bonds is 6. The number of halogens is 2. The molecule has 0 atom stereocenters. The summed E-state index contributed by atoms with van der Waals surface area (Å²) in [5, 5.41) is 13.5. The van der Waals surface area contributed by atoms with Crippen LogP contribution in [0.2, 0.25) is 5.02 Å². The second-order valence-electron chi connectivity index (χ2n) is 6.78. The van der Waals surface area contributed by atoms with Gasteiger partial charge in [0.2, 0.25) is 0 Å². The fraction of sp³-hybridized carbons (Fsp3) is 0.647. The third-order valence-corrected chi connectivity index (χ3v) is 5.30. The average molecular weight is 343 g/mol. The van der Waals surface area contributed by atoms with E-state index in [1.807, 2.05) is 0 Å². The van der Waals surface area contributed by atoms with Crippen LogP contribution in [-0.2, 0) is 11.3 Å². The monoisotopic (exact) mass is 342 g/mol. The molecule has 6 heteroatoms. The van der Waals surface area contributed by atoms with Crippen molar-refractivity contribution in [2.24, 2.45) is 5.41 Å². The minimum Gasteiger partial charge on any atom is -0.396 e. The molecule has 0 aliphatic carbocycles. The van der Waals surface area contributed by atoms with E-state index in [1.54, 1.807) is 12.1 Å². The Hall–Kier alpha value is -0.720. The minimum atomic E-state index is -0.229. The largest absolute Gasteiger partial charge is 0.396 e. The van der Waals surface area contributed by atoms with Crippen molar-refractivity contribution in [1.82, 2.24) is 10.2 Å². The van der Waals surface area contributed by atoms with Gasteiger partial charge >= 0.3 is 0 Å². The van der Waals surface area contributed by atoms with Crippen molar-refractivity contribution in [1.29, 1.82) is 0 Å². The maximum absolute atomic E-state index is 13.9. The summed E-state index contributed by atoms with van der Waals surface area (Å²) in [5.74, 6) is -0.229. The number of hydrogen-bond donors (Lipinski definition) is 2. The summed E-state index contributed by atoms with van der Waals surface area (Å²) in [6, 6.07) is 5.29. The Morgan fingerprint density at radius 2 is 2.09 bits per heavy atom. The van der Waals surface area contributed by atoms with E-state index in [2.05, 4.69) is 10.2 Å². The van der Waals surface area contributed by atoms with E-state index in [1.165, 1.54) is 6.07 Å². The Morgan fingerprint density at radius 3 is 2.65 bits per heavy atom. The zero-order chi connectivity index (χ0) is 16.3. The van der Waals surface area contributed by atoms with Gasteiger partial charge < -0.3 is 15.2 Å². The first-order valence-electron chi connectivity index (χ1n) is 8.19. The van der Waals surface area contributed by atoms with Gasteiger partial charge in [-0.3, -0.25) is 4.90 Å². The van der Waals surface area contributed by atoms with Crippen molar-refractivity contribution in [2.45, 2.75) is 25.4 Å². The Morgan fingerprint density at radius 1 is 1.35 bits per heavy atom. The van der Waals surface area contributed by atoms with Gasteiger partial charge in [0.1, 0.15) is 5.82 Å². The third-order valence-electron chi connectivity index (χ3n) is 4.95. The van der Waals surface area contributed by atoms with Gasteiger partial charge in [-0.05, 0) is 38.1 Å². The van der Waals surface area contributed by atoms with Gasteiger partial charge in [-0.25, -0.2) is 4.39 Å². The Bertz CT molecular complexity index is 506. The van der Waals surface area contributed by atoms with Gasteiger partial charge in [-0.2, -0.15) is 0 Å². The number of piperidine rings is 1. The molecule has 0 radical (unpaired) electrons. The molecular formula is C17H24ClFN2O2. The summed E-state index contributed by atoms with van der Waals surface area (Å²) in [6.07, 6.45) is 2.04. The predicted molar refractivity (Wildman–Crippen MR) is 88.0 cm³/mol. The van der Waals surface area contributed by atoms with E-state index in [0.29, 0.717) is 36.4 Å². The van der Waals surface area contributed by atoms with Crippen LogP contribution in [0, 0.1) is 11.2 Å². The second kappa shape index (κ2) is 7.45. The highest BCUT2D eigenvalue weighted by Crippen LogP contribution is 2.27. The fourth-order valence-corrected chi connectivity index (χ4v) is 3.43. The van der Waals surface area contributed by atoms with Crippen LogP contribution in [0.1, 0.15) is 18.4 Å². The highest BCUT2D eigenvalue weighted by molar-refractivity contribution is 6.31. The van der Waals surface area contributed by atoms with Crippen LogP contribution in [0.4, 0.5) is 4.39 Å². The van der Waals surface area contributed by atoms with Crippen molar-refractivity contribution >= 4 is 11.6 Å². The molecule has 2 aliphatic heterocycles. The first-order chi connectivity index (χ1) is 11.1. The molecule has 0 bridgehead atoms. The molecule has 1 aromatic rings. The van der Waals surface area contributed by atoms with Gasteiger partial charge in [0.05, 0.1) is 25.2 Å². The molecule has 2 aliphatic rings. The highest BCUT2D eigenvalue weighted by Gasteiger charge is 2.38. The number of ether oxygens (including phenoxy) is 1. The van der Waals surface area contributed by atoms with E-state index >= 15 is 0 Å². The summed E-state index contributed by atoms with van der Waals surface area (Å²) in [4.78, 5) is 2.25. The maximum atomic E-state index is 13.9. The molecule has 4 nitrogen and oxygen atoms in total. The molecule has 2 N–H and O–H groups in total. The molecule has 128 valence electrons.